The fourth-order valence-corrected chi connectivity index (χ4v) is 2.27. The molecule has 1 aliphatic rings. The third kappa shape index (κ3) is 2.43. The quantitative estimate of drug-likeness (QED) is 0.764. The predicted octanol–water partition coefficient (Wildman–Crippen LogP) is 1.93. The molecule has 1 aromatic rings. The molecule has 0 radical (unpaired) electrons. The molecule has 2 N–H and O–H groups in total. The van der Waals surface area contributed by atoms with Crippen LogP contribution in [0.15, 0.2) is 18.2 Å². The molecule has 0 amide bonds. The van der Waals surface area contributed by atoms with Crippen LogP contribution in [-0.4, -0.2) is 22.7 Å². The summed E-state index contributed by atoms with van der Waals surface area (Å²) in [4.78, 5) is 2.49. The van der Waals surface area contributed by atoms with Gasteiger partial charge < -0.3 is 5.21 Å². The molecule has 1 aliphatic heterocycles. The highest BCUT2D eigenvalue weighted by atomic mass is 16.5. The second-order valence-corrected chi connectivity index (χ2v) is 4.75. The van der Waals surface area contributed by atoms with Gasteiger partial charge in [-0.25, -0.2) is 5.48 Å². The van der Waals surface area contributed by atoms with E-state index in [4.69, 9.17) is 5.21 Å². The fraction of sp³-hybridized carbons (Fsp3) is 0.538. The molecule has 0 unspecified atom stereocenters. The molecule has 2 rings (SSSR count). The molecule has 1 heterocycles. The highest BCUT2D eigenvalue weighted by molar-refractivity contribution is 5.33. The Morgan fingerprint density at radius 3 is 2.88 bits per heavy atom. The summed E-state index contributed by atoms with van der Waals surface area (Å²) in [7, 11) is 0. The van der Waals surface area contributed by atoms with E-state index in [-0.39, 0.29) is 0 Å². The van der Waals surface area contributed by atoms with Crippen LogP contribution in [0.2, 0.25) is 0 Å². The van der Waals surface area contributed by atoms with Crippen LogP contribution in [-0.2, 0) is 19.5 Å². The van der Waals surface area contributed by atoms with E-state index in [9.17, 15) is 0 Å². The van der Waals surface area contributed by atoms with Gasteiger partial charge in [0.25, 0.3) is 0 Å². The number of hydroxylamine groups is 1. The van der Waals surface area contributed by atoms with E-state index in [1.807, 2.05) is 0 Å². The van der Waals surface area contributed by atoms with Gasteiger partial charge in [0.2, 0.25) is 0 Å². The third-order valence-corrected chi connectivity index (χ3v) is 3.33. The van der Waals surface area contributed by atoms with E-state index in [0.29, 0.717) is 12.6 Å². The van der Waals surface area contributed by atoms with Crippen molar-refractivity contribution in [3.05, 3.63) is 34.9 Å². The summed E-state index contributed by atoms with van der Waals surface area (Å²) in [6.45, 7) is 7.21. The molecular weight excluding hydrogens is 200 g/mol. The summed E-state index contributed by atoms with van der Waals surface area (Å²) >= 11 is 0. The van der Waals surface area contributed by atoms with Gasteiger partial charge in [0, 0.05) is 25.7 Å². The zero-order valence-corrected chi connectivity index (χ0v) is 10.0. The highest BCUT2D eigenvalue weighted by Gasteiger charge is 2.18. The van der Waals surface area contributed by atoms with Crippen LogP contribution < -0.4 is 5.48 Å². The second kappa shape index (κ2) is 4.95. The van der Waals surface area contributed by atoms with E-state index in [1.54, 1.807) is 0 Å². The molecule has 0 saturated carbocycles. The molecule has 3 nitrogen and oxygen atoms in total. The average molecular weight is 220 g/mol. The Morgan fingerprint density at radius 2 is 2.19 bits per heavy atom. The second-order valence-electron chi connectivity index (χ2n) is 4.75. The van der Waals surface area contributed by atoms with Gasteiger partial charge in [0.1, 0.15) is 0 Å². The maximum absolute atomic E-state index is 8.68. The molecule has 0 aliphatic carbocycles. The van der Waals surface area contributed by atoms with Crippen molar-refractivity contribution in [2.75, 3.05) is 6.54 Å². The van der Waals surface area contributed by atoms with Gasteiger partial charge in [-0.05, 0) is 37.0 Å². The minimum atomic E-state index is 0.529. The highest BCUT2D eigenvalue weighted by Crippen LogP contribution is 2.21. The molecule has 0 bridgehead atoms. The Kier molecular flexibility index (Phi) is 3.59. The van der Waals surface area contributed by atoms with E-state index < -0.39 is 0 Å². The van der Waals surface area contributed by atoms with Crippen molar-refractivity contribution < 1.29 is 5.21 Å². The summed E-state index contributed by atoms with van der Waals surface area (Å²) in [5, 5.41) is 8.68. The third-order valence-electron chi connectivity index (χ3n) is 3.33. The van der Waals surface area contributed by atoms with Crippen LogP contribution in [0.3, 0.4) is 0 Å². The maximum atomic E-state index is 8.68. The normalized spacial score (nSPS) is 16.5. The number of hydrogen-bond donors (Lipinski definition) is 2. The molecule has 0 spiro atoms. The van der Waals surface area contributed by atoms with Crippen molar-refractivity contribution >= 4 is 0 Å². The SMILES string of the molecule is CC(C)N1CCc2cc(CNO)ccc2C1. The minimum absolute atomic E-state index is 0.529. The Hall–Kier alpha value is -0.900. The Labute approximate surface area is 97.0 Å². The van der Waals surface area contributed by atoms with Crippen LogP contribution in [0, 0.1) is 0 Å². The molecule has 0 aromatic heterocycles. The number of hydrogen-bond acceptors (Lipinski definition) is 3. The van der Waals surface area contributed by atoms with Gasteiger partial charge in [0.15, 0.2) is 0 Å². The van der Waals surface area contributed by atoms with Gasteiger partial charge in [-0.3, -0.25) is 4.90 Å². The number of nitrogens with one attached hydrogen (secondary N) is 1. The molecule has 88 valence electrons. The lowest BCUT2D eigenvalue weighted by Crippen LogP contribution is -2.35. The monoisotopic (exact) mass is 220 g/mol. The maximum Gasteiger partial charge on any atom is 0.0458 e. The lowest BCUT2D eigenvalue weighted by molar-refractivity contribution is 0.161. The van der Waals surface area contributed by atoms with Crippen molar-refractivity contribution in [3.8, 4) is 0 Å². The molecule has 1 aromatic carbocycles. The van der Waals surface area contributed by atoms with E-state index in [1.165, 1.54) is 11.1 Å². The van der Waals surface area contributed by atoms with Crippen molar-refractivity contribution in [3.63, 3.8) is 0 Å². The average Bonchev–Trinajstić information content (AvgIpc) is 2.28. The summed E-state index contributed by atoms with van der Waals surface area (Å²) in [5.74, 6) is 0. The Bertz CT molecular complexity index is 363. The first kappa shape index (κ1) is 11.6. The van der Waals surface area contributed by atoms with Gasteiger partial charge in [-0.1, -0.05) is 18.2 Å². The number of fused-ring (bicyclic) bond motifs is 1. The first-order valence-electron chi connectivity index (χ1n) is 5.92. The van der Waals surface area contributed by atoms with Crippen LogP contribution >= 0.6 is 0 Å². The van der Waals surface area contributed by atoms with Crippen LogP contribution in [0.5, 0.6) is 0 Å². The smallest absolute Gasteiger partial charge is 0.0458 e. The summed E-state index contributed by atoms with van der Waals surface area (Å²) in [6, 6.07) is 7.10. The van der Waals surface area contributed by atoms with Gasteiger partial charge in [-0.2, -0.15) is 0 Å². The van der Waals surface area contributed by atoms with Gasteiger partial charge >= 0.3 is 0 Å². The van der Waals surface area contributed by atoms with Crippen LogP contribution in [0.4, 0.5) is 0 Å². The molecule has 0 fully saturated rings. The van der Waals surface area contributed by atoms with E-state index >= 15 is 0 Å². The lowest BCUT2D eigenvalue weighted by atomic mass is 9.96. The first-order chi connectivity index (χ1) is 7.70. The molecule has 16 heavy (non-hydrogen) atoms. The largest absolute Gasteiger partial charge is 0.316 e. The van der Waals surface area contributed by atoms with Crippen LogP contribution in [0.25, 0.3) is 0 Å². The van der Waals surface area contributed by atoms with Crippen molar-refractivity contribution in [2.45, 2.75) is 39.4 Å². The van der Waals surface area contributed by atoms with Crippen molar-refractivity contribution in [2.24, 2.45) is 0 Å². The number of rotatable bonds is 3. The summed E-state index contributed by atoms with van der Waals surface area (Å²) < 4.78 is 0. The van der Waals surface area contributed by atoms with Gasteiger partial charge in [0.05, 0.1) is 0 Å². The predicted molar refractivity (Wildman–Crippen MR) is 64.3 cm³/mol. The number of benzene rings is 1. The molecule has 3 heteroatoms. The summed E-state index contributed by atoms with van der Waals surface area (Å²) in [5.41, 5.74) is 6.23. The molecular formula is C13H20N2O. The zero-order valence-electron chi connectivity index (χ0n) is 10.0. The van der Waals surface area contributed by atoms with Crippen LogP contribution in [0.1, 0.15) is 30.5 Å². The molecule has 0 atom stereocenters. The van der Waals surface area contributed by atoms with E-state index in [0.717, 1.165) is 25.1 Å². The minimum Gasteiger partial charge on any atom is -0.316 e. The standard InChI is InChI=1S/C13H20N2O/c1-10(2)15-6-5-12-7-11(8-14-16)3-4-13(12)9-15/h3-4,7,10,14,16H,5-6,8-9H2,1-2H3. The fourth-order valence-electron chi connectivity index (χ4n) is 2.27. The topological polar surface area (TPSA) is 35.5 Å². The Morgan fingerprint density at radius 1 is 1.38 bits per heavy atom. The lowest BCUT2D eigenvalue weighted by Gasteiger charge is -2.32. The Balaban J connectivity index is 2.15. The first-order valence-corrected chi connectivity index (χ1v) is 5.92. The van der Waals surface area contributed by atoms with Crippen molar-refractivity contribution in [1.82, 2.24) is 10.4 Å². The summed E-state index contributed by atoms with van der Waals surface area (Å²) in [6.07, 6.45) is 1.12. The van der Waals surface area contributed by atoms with E-state index in [2.05, 4.69) is 42.4 Å². The molecule has 0 saturated heterocycles. The zero-order chi connectivity index (χ0) is 11.5. The van der Waals surface area contributed by atoms with Crippen molar-refractivity contribution in [1.29, 1.82) is 0 Å². The number of nitrogens with zero attached hydrogens (tertiary/aromatic N) is 1. The van der Waals surface area contributed by atoms with Gasteiger partial charge in [-0.15, -0.1) is 0 Å².